The lowest BCUT2D eigenvalue weighted by Crippen LogP contribution is -2.43. The Hall–Kier alpha value is -1.10. The molecule has 5 nitrogen and oxygen atoms in total. The van der Waals surface area contributed by atoms with Gasteiger partial charge in [-0.05, 0) is 12.3 Å². The molecule has 5 heteroatoms. The van der Waals surface area contributed by atoms with E-state index in [0.29, 0.717) is 17.4 Å². The minimum absolute atomic E-state index is 0.126. The van der Waals surface area contributed by atoms with Gasteiger partial charge in [0.25, 0.3) is 0 Å². The fourth-order valence-corrected chi connectivity index (χ4v) is 4.08. The van der Waals surface area contributed by atoms with Gasteiger partial charge in [-0.25, -0.2) is 0 Å². The van der Waals surface area contributed by atoms with Crippen molar-refractivity contribution >= 4 is 11.9 Å². The van der Waals surface area contributed by atoms with Crippen LogP contribution in [0.4, 0.5) is 0 Å². The molecule has 0 aromatic carbocycles. The Kier molecular flexibility index (Phi) is 17.8. The maximum Gasteiger partial charge on any atom is 0.307 e. The van der Waals surface area contributed by atoms with E-state index in [-0.39, 0.29) is 12.4 Å². The number of hydrogen-bond acceptors (Lipinski definition) is 3. The molecule has 0 aliphatic carbocycles. The zero-order valence-corrected chi connectivity index (χ0v) is 21.3. The van der Waals surface area contributed by atoms with Crippen molar-refractivity contribution in [3.63, 3.8) is 0 Å². The summed E-state index contributed by atoms with van der Waals surface area (Å²) in [7, 11) is 5.91. The number of carbonyl (C=O) groups is 2. The number of aliphatic carboxylic acids is 1. The number of ether oxygens (including phenoxy) is 1. The predicted octanol–water partition coefficient (Wildman–Crippen LogP) is 6.59. The van der Waals surface area contributed by atoms with Crippen LogP contribution in [0.1, 0.15) is 117 Å². The quantitative estimate of drug-likeness (QED) is 0.124. The Morgan fingerprint density at radius 1 is 0.806 bits per heavy atom. The number of carboxylic acids is 1. The molecular weight excluding hydrogens is 390 g/mol. The van der Waals surface area contributed by atoms with Crippen molar-refractivity contribution in [1.82, 2.24) is 0 Å². The van der Waals surface area contributed by atoms with Crippen molar-refractivity contribution in [3.05, 3.63) is 0 Å². The second kappa shape index (κ2) is 18.5. The molecule has 0 saturated heterocycles. The van der Waals surface area contributed by atoms with Crippen molar-refractivity contribution in [3.8, 4) is 0 Å². The maximum atomic E-state index is 12.1. The molecule has 0 spiro atoms. The molecule has 0 aromatic heterocycles. The van der Waals surface area contributed by atoms with Crippen molar-refractivity contribution in [1.29, 1.82) is 0 Å². The topological polar surface area (TPSA) is 63.6 Å². The first kappa shape index (κ1) is 29.9. The van der Waals surface area contributed by atoms with Crippen LogP contribution in [-0.2, 0) is 14.3 Å². The van der Waals surface area contributed by atoms with Gasteiger partial charge in [-0.15, -0.1) is 0 Å². The minimum Gasteiger partial charge on any atom is -0.481 e. The van der Waals surface area contributed by atoms with Crippen molar-refractivity contribution in [2.45, 2.75) is 123 Å². The number of carbonyl (C=O) groups excluding carboxylic acids is 1. The van der Waals surface area contributed by atoms with Crippen LogP contribution < -0.4 is 0 Å². The average Bonchev–Trinajstić information content (AvgIpc) is 2.64. The van der Waals surface area contributed by atoms with Crippen LogP contribution in [0.25, 0.3) is 0 Å². The molecule has 2 unspecified atom stereocenters. The van der Waals surface area contributed by atoms with E-state index < -0.39 is 12.1 Å². The summed E-state index contributed by atoms with van der Waals surface area (Å²) >= 11 is 0. The Bertz CT molecular complexity index is 459. The van der Waals surface area contributed by atoms with Gasteiger partial charge in [0.1, 0.15) is 6.54 Å². The summed E-state index contributed by atoms with van der Waals surface area (Å²) in [5, 5.41) is 9.03. The van der Waals surface area contributed by atoms with Crippen molar-refractivity contribution in [2.75, 3.05) is 27.7 Å². The number of hydrogen-bond donors (Lipinski definition) is 1. The van der Waals surface area contributed by atoms with Gasteiger partial charge in [-0.2, -0.15) is 0 Å². The summed E-state index contributed by atoms with van der Waals surface area (Å²) in [6.07, 6.45) is 17.6. The average molecular weight is 443 g/mol. The summed E-state index contributed by atoms with van der Waals surface area (Å²) in [5.41, 5.74) is 0. The highest BCUT2D eigenvalue weighted by atomic mass is 16.5. The minimum atomic E-state index is -0.923. The third kappa shape index (κ3) is 21.9. The zero-order chi connectivity index (χ0) is 23.5. The van der Waals surface area contributed by atoms with E-state index in [2.05, 4.69) is 13.8 Å². The molecule has 0 bridgehead atoms. The monoisotopic (exact) mass is 442 g/mol. The zero-order valence-electron chi connectivity index (χ0n) is 21.3. The maximum absolute atomic E-state index is 12.1. The van der Waals surface area contributed by atoms with Gasteiger partial charge in [-0.1, -0.05) is 97.3 Å². The molecule has 0 fully saturated rings. The lowest BCUT2D eigenvalue weighted by atomic mass is 9.96. The first-order valence-electron chi connectivity index (χ1n) is 12.9. The Morgan fingerprint density at radius 2 is 1.29 bits per heavy atom. The molecule has 1 N–H and O–H groups in total. The highest BCUT2D eigenvalue weighted by molar-refractivity contribution is 5.71. The van der Waals surface area contributed by atoms with Crippen LogP contribution in [0.2, 0.25) is 0 Å². The van der Waals surface area contributed by atoms with Gasteiger partial charge in [0.15, 0.2) is 6.10 Å². The second-order valence-electron chi connectivity index (χ2n) is 10.5. The summed E-state index contributed by atoms with van der Waals surface area (Å²) in [5.74, 6) is -0.301. The van der Waals surface area contributed by atoms with E-state index in [9.17, 15) is 9.59 Å². The van der Waals surface area contributed by atoms with Crippen molar-refractivity contribution in [2.24, 2.45) is 5.92 Å². The smallest absolute Gasteiger partial charge is 0.307 e. The van der Waals surface area contributed by atoms with Crippen LogP contribution in [0.15, 0.2) is 0 Å². The molecular formula is C26H52NO4+. The summed E-state index contributed by atoms with van der Waals surface area (Å²) in [4.78, 5) is 23.1. The lowest BCUT2D eigenvalue weighted by Gasteiger charge is -2.28. The van der Waals surface area contributed by atoms with Crippen molar-refractivity contribution < 1.29 is 23.9 Å². The molecule has 184 valence electrons. The fourth-order valence-electron chi connectivity index (χ4n) is 4.08. The highest BCUT2D eigenvalue weighted by Gasteiger charge is 2.24. The highest BCUT2D eigenvalue weighted by Crippen LogP contribution is 2.18. The van der Waals surface area contributed by atoms with Gasteiger partial charge >= 0.3 is 11.9 Å². The van der Waals surface area contributed by atoms with E-state index in [0.717, 1.165) is 18.8 Å². The Morgan fingerprint density at radius 3 is 1.77 bits per heavy atom. The molecule has 0 aliphatic heterocycles. The number of quaternary nitrogens is 1. The SMILES string of the molecule is CCCCCCC(C)CCCCCCCCCCC(=O)OC(CC(=O)O)C[N+](C)(C)C. The van der Waals surface area contributed by atoms with Gasteiger partial charge in [-0.3, -0.25) is 9.59 Å². The summed E-state index contributed by atoms with van der Waals surface area (Å²) in [6.45, 7) is 5.18. The van der Waals surface area contributed by atoms with Gasteiger partial charge in [0, 0.05) is 6.42 Å². The number of unbranched alkanes of at least 4 members (excludes halogenated alkanes) is 10. The van der Waals surface area contributed by atoms with E-state index >= 15 is 0 Å². The van der Waals surface area contributed by atoms with Gasteiger partial charge in [0.2, 0.25) is 0 Å². The molecule has 0 aromatic rings. The van der Waals surface area contributed by atoms with Crippen LogP contribution in [0, 0.1) is 5.92 Å². The molecule has 0 saturated carbocycles. The molecule has 0 radical (unpaired) electrons. The third-order valence-electron chi connectivity index (χ3n) is 5.83. The normalized spacial score (nSPS) is 13.7. The number of esters is 1. The van der Waals surface area contributed by atoms with Gasteiger partial charge < -0.3 is 14.3 Å². The van der Waals surface area contributed by atoms with E-state index in [1.807, 2.05) is 21.1 Å². The summed E-state index contributed by atoms with van der Waals surface area (Å²) < 4.78 is 6.00. The number of rotatable bonds is 21. The molecule has 0 rings (SSSR count). The standard InChI is InChI=1S/C26H51NO4/c1-6-7-8-15-18-23(2)19-16-13-11-9-10-12-14-17-20-26(30)31-24(21-25(28)29)22-27(3,4)5/h23-24H,6-22H2,1-5H3/p+1. The molecule has 2 atom stereocenters. The molecule has 0 amide bonds. The van der Waals surface area contributed by atoms with E-state index in [1.54, 1.807) is 0 Å². The van der Waals surface area contributed by atoms with Crippen LogP contribution in [0.3, 0.4) is 0 Å². The third-order valence-corrected chi connectivity index (χ3v) is 5.83. The van der Waals surface area contributed by atoms with Crippen LogP contribution >= 0.6 is 0 Å². The number of carboxylic acid groups (broad SMARTS) is 1. The van der Waals surface area contributed by atoms with Gasteiger partial charge in [0.05, 0.1) is 27.6 Å². The largest absolute Gasteiger partial charge is 0.481 e. The van der Waals surface area contributed by atoms with Crippen LogP contribution in [-0.4, -0.2) is 55.3 Å². The number of likely N-dealkylation sites (N-methyl/N-ethyl adjacent to an activating group) is 1. The Balaban J connectivity index is 3.64. The first-order chi connectivity index (χ1) is 14.6. The fraction of sp³-hybridized carbons (Fsp3) is 0.923. The lowest BCUT2D eigenvalue weighted by molar-refractivity contribution is -0.873. The Labute approximate surface area is 192 Å². The van der Waals surface area contributed by atoms with E-state index in [4.69, 9.17) is 9.84 Å². The van der Waals surface area contributed by atoms with Crippen LogP contribution in [0.5, 0.6) is 0 Å². The number of nitrogens with zero attached hydrogens (tertiary/aromatic N) is 1. The first-order valence-corrected chi connectivity index (χ1v) is 12.9. The summed E-state index contributed by atoms with van der Waals surface area (Å²) in [6, 6.07) is 0. The van der Waals surface area contributed by atoms with E-state index in [1.165, 1.54) is 77.0 Å². The predicted molar refractivity (Wildman–Crippen MR) is 129 cm³/mol. The molecule has 0 heterocycles. The molecule has 0 aliphatic rings. The molecule has 31 heavy (non-hydrogen) atoms. The second-order valence-corrected chi connectivity index (χ2v) is 10.5.